The second kappa shape index (κ2) is 7.69. The molecule has 4 aromatic rings. The van der Waals surface area contributed by atoms with E-state index in [4.69, 9.17) is 4.74 Å². The average Bonchev–Trinajstić information content (AvgIpc) is 3.46. The van der Waals surface area contributed by atoms with Crippen molar-refractivity contribution in [3.8, 4) is 23.5 Å². The summed E-state index contributed by atoms with van der Waals surface area (Å²) in [5, 5.41) is 16.5. The number of imidazole rings is 1. The first-order valence-electron chi connectivity index (χ1n) is 10.2. The molecule has 0 bridgehead atoms. The molecule has 1 fully saturated rings. The number of rotatable bonds is 3. The van der Waals surface area contributed by atoms with Crippen molar-refractivity contribution in [1.29, 1.82) is 0 Å². The van der Waals surface area contributed by atoms with E-state index in [-0.39, 0.29) is 23.6 Å². The molecule has 178 valence electrons. The van der Waals surface area contributed by atoms with Crippen molar-refractivity contribution < 1.29 is 32.6 Å². The number of benzene rings is 1. The van der Waals surface area contributed by atoms with Gasteiger partial charge >= 0.3 is 12.2 Å². The van der Waals surface area contributed by atoms with Gasteiger partial charge in [-0.15, -0.1) is 0 Å². The smallest absolute Gasteiger partial charge is 0.434 e. The van der Waals surface area contributed by atoms with Gasteiger partial charge in [-0.3, -0.25) is 10.1 Å². The fourth-order valence-corrected chi connectivity index (χ4v) is 3.84. The molecule has 1 atom stereocenters. The van der Waals surface area contributed by atoms with Gasteiger partial charge in [-0.1, -0.05) is 11.8 Å². The van der Waals surface area contributed by atoms with Gasteiger partial charge in [0.25, 0.3) is 5.91 Å². The molecule has 0 radical (unpaired) electrons. The van der Waals surface area contributed by atoms with Gasteiger partial charge < -0.3 is 24.1 Å². The van der Waals surface area contributed by atoms with Gasteiger partial charge in [0.2, 0.25) is 5.54 Å². The highest BCUT2D eigenvalue weighted by atomic mass is 19.4. The number of ether oxygens (including phenoxy) is 1. The molecule has 35 heavy (non-hydrogen) atoms. The Morgan fingerprint density at radius 1 is 1.17 bits per heavy atom. The van der Waals surface area contributed by atoms with Crippen molar-refractivity contribution in [2.45, 2.75) is 18.3 Å². The molecule has 0 saturated carbocycles. The highest BCUT2D eigenvalue weighted by Gasteiger charge is 2.46. The van der Waals surface area contributed by atoms with Crippen LogP contribution in [0, 0.1) is 11.8 Å². The van der Waals surface area contributed by atoms with Gasteiger partial charge in [0.15, 0.2) is 11.6 Å². The molecule has 3 N–H and O–H groups in total. The number of alkyl halides is 3. The molecule has 0 spiro atoms. The zero-order valence-corrected chi connectivity index (χ0v) is 18.0. The van der Waals surface area contributed by atoms with Crippen molar-refractivity contribution in [3.05, 3.63) is 60.2 Å². The second-order valence-corrected chi connectivity index (χ2v) is 7.90. The van der Waals surface area contributed by atoms with Crippen molar-refractivity contribution >= 4 is 28.4 Å². The molecule has 0 aliphatic carbocycles. The topological polar surface area (TPSA) is 110 Å². The summed E-state index contributed by atoms with van der Waals surface area (Å²) in [6.07, 6.45) is -0.833. The lowest BCUT2D eigenvalue weighted by Gasteiger charge is -2.20. The quantitative estimate of drug-likeness (QED) is 0.307. The van der Waals surface area contributed by atoms with E-state index in [9.17, 15) is 27.9 Å². The molecule has 3 amide bonds. The number of aromatic hydroxyl groups is 1. The number of nitrogens with zero attached hydrogens (tertiary/aromatic N) is 3. The molecule has 1 aromatic carbocycles. The fourth-order valence-electron chi connectivity index (χ4n) is 3.84. The Bertz CT molecular complexity index is 1580. The molecule has 9 nitrogen and oxygen atoms in total. The minimum Gasteiger partial charge on any atom is -0.497 e. The van der Waals surface area contributed by atoms with Gasteiger partial charge in [-0.25, -0.2) is 9.78 Å². The number of halogens is 3. The van der Waals surface area contributed by atoms with E-state index >= 15 is 0 Å². The zero-order chi connectivity index (χ0) is 25.0. The van der Waals surface area contributed by atoms with Crippen LogP contribution >= 0.6 is 0 Å². The predicted molar refractivity (Wildman–Crippen MR) is 117 cm³/mol. The number of amides is 3. The molecule has 5 rings (SSSR count). The molecular formula is C23H16F3N5O4. The highest BCUT2D eigenvalue weighted by molar-refractivity contribution is 6.09. The molecular weight excluding hydrogens is 467 g/mol. The highest BCUT2D eigenvalue weighted by Crippen LogP contribution is 2.32. The standard InChI is InChI=1S/C23H16F3N5O4/c1-35-15-4-3-14-10-31(19(32)16(14)8-15)12-22(20(33)28-21(34)29-22)7-6-13-2-5-18-27-17(23(24,25)26)11-30(18)9-13/h2-5,8-11,32H,12H2,1H3,(H2,28,29,33,34)/t22-/m1/s1. The van der Waals surface area contributed by atoms with Gasteiger partial charge in [0, 0.05) is 34.9 Å². The fraction of sp³-hybridized carbons (Fsp3) is 0.174. The van der Waals surface area contributed by atoms with Crippen molar-refractivity contribution in [2.75, 3.05) is 7.11 Å². The summed E-state index contributed by atoms with van der Waals surface area (Å²) in [4.78, 5) is 28.2. The Morgan fingerprint density at radius 3 is 2.66 bits per heavy atom. The Labute approximate surface area is 195 Å². The van der Waals surface area contributed by atoms with Crippen LogP contribution in [0.25, 0.3) is 16.4 Å². The molecule has 12 heteroatoms. The van der Waals surface area contributed by atoms with Crippen LogP contribution in [0.5, 0.6) is 11.6 Å². The normalized spacial score (nSPS) is 17.8. The van der Waals surface area contributed by atoms with E-state index in [1.165, 1.54) is 34.4 Å². The molecule has 1 aliphatic rings. The first kappa shape index (κ1) is 22.1. The van der Waals surface area contributed by atoms with Crippen molar-refractivity contribution in [2.24, 2.45) is 0 Å². The lowest BCUT2D eigenvalue weighted by atomic mass is 10.00. The Balaban J connectivity index is 1.53. The van der Waals surface area contributed by atoms with Gasteiger partial charge in [0.1, 0.15) is 11.4 Å². The number of fused-ring (bicyclic) bond motifs is 2. The number of imide groups is 1. The maximum atomic E-state index is 13.0. The van der Waals surface area contributed by atoms with Crippen LogP contribution < -0.4 is 15.4 Å². The number of hydrogen-bond donors (Lipinski definition) is 3. The van der Waals surface area contributed by atoms with Crippen LogP contribution in [0.15, 0.2) is 48.9 Å². The van der Waals surface area contributed by atoms with Crippen LogP contribution in [0.1, 0.15) is 11.3 Å². The first-order chi connectivity index (χ1) is 16.6. The van der Waals surface area contributed by atoms with Gasteiger partial charge in [-0.05, 0) is 30.3 Å². The largest absolute Gasteiger partial charge is 0.497 e. The van der Waals surface area contributed by atoms with E-state index in [1.54, 1.807) is 24.4 Å². The maximum Gasteiger partial charge on any atom is 0.434 e. The number of urea groups is 1. The number of carbonyl (C=O) groups is 2. The minimum absolute atomic E-state index is 0.0730. The van der Waals surface area contributed by atoms with E-state index in [2.05, 4.69) is 27.5 Å². The summed E-state index contributed by atoms with van der Waals surface area (Å²) in [7, 11) is 1.49. The second-order valence-electron chi connectivity index (χ2n) is 7.90. The van der Waals surface area contributed by atoms with E-state index < -0.39 is 29.3 Å². The van der Waals surface area contributed by atoms with E-state index in [0.29, 0.717) is 16.5 Å². The third-order valence-corrected chi connectivity index (χ3v) is 5.58. The number of pyridine rings is 1. The van der Waals surface area contributed by atoms with Crippen LogP contribution in [0.3, 0.4) is 0 Å². The summed E-state index contributed by atoms with van der Waals surface area (Å²) < 4.78 is 46.6. The Hall–Kier alpha value is -4.66. The number of carbonyl (C=O) groups excluding carboxylic acids is 2. The monoisotopic (exact) mass is 483 g/mol. The summed E-state index contributed by atoms with van der Waals surface area (Å²) in [6.45, 7) is -0.230. The van der Waals surface area contributed by atoms with Crippen molar-refractivity contribution in [3.63, 3.8) is 0 Å². The summed E-state index contributed by atoms with van der Waals surface area (Å²) in [5.74, 6) is 5.11. The van der Waals surface area contributed by atoms with E-state index in [0.717, 1.165) is 6.20 Å². The number of hydrogen-bond acceptors (Lipinski definition) is 5. The molecule has 4 heterocycles. The third-order valence-electron chi connectivity index (χ3n) is 5.58. The molecule has 0 unspecified atom stereocenters. The Morgan fingerprint density at radius 2 is 1.97 bits per heavy atom. The summed E-state index contributed by atoms with van der Waals surface area (Å²) in [6, 6.07) is 7.11. The van der Waals surface area contributed by atoms with Gasteiger partial charge in [0.05, 0.1) is 13.7 Å². The molecule has 1 saturated heterocycles. The number of nitrogens with one attached hydrogen (secondary N) is 2. The van der Waals surface area contributed by atoms with Crippen LogP contribution in [0.2, 0.25) is 0 Å². The van der Waals surface area contributed by atoms with E-state index in [1.807, 2.05) is 0 Å². The first-order valence-corrected chi connectivity index (χ1v) is 10.2. The predicted octanol–water partition coefficient (Wildman–Crippen LogP) is 2.65. The van der Waals surface area contributed by atoms with Gasteiger partial charge in [-0.2, -0.15) is 13.2 Å². The summed E-state index contributed by atoms with van der Waals surface area (Å²) in [5.41, 5.74) is -2.44. The maximum absolute atomic E-state index is 13.0. The third kappa shape index (κ3) is 3.86. The molecule has 3 aromatic heterocycles. The van der Waals surface area contributed by atoms with Crippen LogP contribution in [-0.4, -0.2) is 43.6 Å². The Kier molecular flexibility index (Phi) is 4.87. The zero-order valence-electron chi connectivity index (χ0n) is 18.0. The molecule has 1 aliphatic heterocycles. The lowest BCUT2D eigenvalue weighted by molar-refractivity contribution is -0.140. The number of aromatic nitrogens is 3. The van der Waals surface area contributed by atoms with Crippen LogP contribution in [-0.2, 0) is 17.5 Å². The SMILES string of the molecule is COc1ccc2cn(C[C@@]3(C#Cc4ccc5nc(C(F)(F)F)cn5c4)NC(=O)NC3=O)c(O)c2c1. The average molecular weight is 483 g/mol. The lowest BCUT2D eigenvalue weighted by Crippen LogP contribution is -2.49. The summed E-state index contributed by atoms with van der Waals surface area (Å²) >= 11 is 0. The minimum atomic E-state index is -4.60. The number of methoxy groups -OCH3 is 1. The van der Waals surface area contributed by atoms with Crippen LogP contribution in [0.4, 0.5) is 18.0 Å². The van der Waals surface area contributed by atoms with Crippen molar-refractivity contribution in [1.82, 2.24) is 24.6 Å².